The summed E-state index contributed by atoms with van der Waals surface area (Å²) >= 11 is 0. The van der Waals surface area contributed by atoms with E-state index in [-0.39, 0.29) is 5.60 Å². The van der Waals surface area contributed by atoms with Gasteiger partial charge in [0, 0.05) is 6.10 Å². The molecule has 0 amide bonds. The summed E-state index contributed by atoms with van der Waals surface area (Å²) in [6, 6.07) is 1.27. The van der Waals surface area contributed by atoms with Gasteiger partial charge in [-0.25, -0.2) is 0 Å². The van der Waals surface area contributed by atoms with Crippen molar-refractivity contribution in [2.24, 2.45) is 0 Å². The predicted octanol–water partition coefficient (Wildman–Crippen LogP) is 3.86. The van der Waals surface area contributed by atoms with Gasteiger partial charge in [0.05, 0.1) is 5.60 Å². The van der Waals surface area contributed by atoms with E-state index in [1.807, 2.05) is 0 Å². The highest BCUT2D eigenvalue weighted by Gasteiger charge is 2.55. The maximum absolute atomic E-state index is 6.41. The topological polar surface area (TPSA) is 18.5 Å². The molecular weight excluding hydrogens is 232 g/mol. The van der Waals surface area contributed by atoms with E-state index in [1.54, 1.807) is 0 Å². The Labute approximate surface area is 103 Å². The monoisotopic (exact) mass is 260 g/mol. The van der Waals surface area contributed by atoms with Gasteiger partial charge >= 0.3 is 0 Å². The van der Waals surface area contributed by atoms with E-state index in [1.165, 1.54) is 6.04 Å². The van der Waals surface area contributed by atoms with Crippen molar-refractivity contribution in [1.82, 2.24) is 0 Å². The smallest absolute Gasteiger partial charge is 0.208 e. The lowest BCUT2D eigenvalue weighted by molar-refractivity contribution is 0.0815. The van der Waals surface area contributed by atoms with Crippen molar-refractivity contribution >= 4 is 15.7 Å². The van der Waals surface area contributed by atoms with Crippen molar-refractivity contribution < 1.29 is 8.85 Å². The summed E-state index contributed by atoms with van der Waals surface area (Å²) in [5.41, 5.74) is 0.0705. The second-order valence-corrected chi connectivity index (χ2v) is 19.6. The van der Waals surface area contributed by atoms with Crippen LogP contribution in [0.5, 0.6) is 0 Å². The summed E-state index contributed by atoms with van der Waals surface area (Å²) in [7, 11) is -3.26. The SMILES string of the molecule is CCC(C)O[Si]1(C)CCC(C)(C)O[Si]1(C)C. The first-order valence-electron chi connectivity index (χ1n) is 6.50. The largest absolute Gasteiger partial charge is 0.414 e. The maximum Gasteiger partial charge on any atom is 0.208 e. The van der Waals surface area contributed by atoms with Crippen LogP contribution in [-0.4, -0.2) is 27.4 Å². The average molecular weight is 261 g/mol. The van der Waals surface area contributed by atoms with Crippen molar-refractivity contribution in [3.8, 4) is 0 Å². The molecule has 0 radical (unpaired) electrons. The van der Waals surface area contributed by atoms with Gasteiger partial charge in [0.15, 0.2) is 0 Å². The first kappa shape index (κ1) is 14.4. The Bertz CT molecular complexity index is 253. The fourth-order valence-corrected chi connectivity index (χ4v) is 12.4. The van der Waals surface area contributed by atoms with Crippen LogP contribution in [0.3, 0.4) is 0 Å². The van der Waals surface area contributed by atoms with Crippen molar-refractivity contribution in [2.75, 3.05) is 0 Å². The molecule has 1 fully saturated rings. The Morgan fingerprint density at radius 3 is 2.31 bits per heavy atom. The average Bonchev–Trinajstić information content (AvgIpc) is 2.11. The highest BCUT2D eigenvalue weighted by molar-refractivity contribution is 7.36. The Morgan fingerprint density at radius 2 is 1.88 bits per heavy atom. The third-order valence-corrected chi connectivity index (χ3v) is 18.8. The third-order valence-electron chi connectivity index (χ3n) is 4.05. The molecule has 0 saturated carbocycles. The maximum atomic E-state index is 6.41. The first-order valence-corrected chi connectivity index (χ1v) is 13.0. The lowest BCUT2D eigenvalue weighted by Gasteiger charge is -2.50. The van der Waals surface area contributed by atoms with Gasteiger partial charge in [-0.05, 0) is 59.3 Å². The molecule has 2 unspecified atom stereocenters. The number of hydrogen-bond donors (Lipinski definition) is 0. The molecule has 2 nitrogen and oxygen atoms in total. The van der Waals surface area contributed by atoms with Crippen LogP contribution in [0.15, 0.2) is 0 Å². The standard InChI is InChI=1S/C12H28O2Si2/c1-8-11(2)13-16(7)10-9-12(3,4)14-15(16,5)6/h11H,8-10H2,1-7H3. The van der Waals surface area contributed by atoms with Crippen molar-refractivity contribution in [3.05, 3.63) is 0 Å². The molecule has 0 N–H and O–H groups in total. The molecule has 1 aliphatic rings. The predicted molar refractivity (Wildman–Crippen MR) is 74.5 cm³/mol. The fourth-order valence-electron chi connectivity index (χ4n) is 2.42. The van der Waals surface area contributed by atoms with Gasteiger partial charge in [-0.3, -0.25) is 0 Å². The quantitative estimate of drug-likeness (QED) is 0.717. The molecule has 0 aromatic heterocycles. The van der Waals surface area contributed by atoms with Gasteiger partial charge in [0.25, 0.3) is 0 Å². The number of rotatable bonds is 3. The van der Waals surface area contributed by atoms with E-state index in [0.717, 1.165) is 12.8 Å². The van der Waals surface area contributed by atoms with Crippen molar-refractivity contribution in [1.29, 1.82) is 0 Å². The van der Waals surface area contributed by atoms with Crippen LogP contribution in [-0.2, 0) is 8.85 Å². The zero-order chi connectivity index (χ0) is 12.6. The molecule has 1 aliphatic heterocycles. The van der Waals surface area contributed by atoms with Crippen LogP contribution >= 0.6 is 0 Å². The molecule has 0 aromatic carbocycles. The minimum Gasteiger partial charge on any atom is -0.414 e. The zero-order valence-corrected chi connectivity index (χ0v) is 14.0. The van der Waals surface area contributed by atoms with Gasteiger partial charge < -0.3 is 8.85 Å². The second-order valence-electron chi connectivity index (χ2n) is 6.44. The molecule has 0 aromatic rings. The van der Waals surface area contributed by atoms with E-state index in [9.17, 15) is 0 Å². The Kier molecular flexibility index (Phi) is 4.10. The molecule has 0 spiro atoms. The van der Waals surface area contributed by atoms with Crippen LogP contribution < -0.4 is 0 Å². The molecule has 0 aliphatic carbocycles. The summed E-state index contributed by atoms with van der Waals surface area (Å²) in [6.07, 6.45) is 2.66. The molecule has 96 valence electrons. The fraction of sp³-hybridized carbons (Fsp3) is 1.00. The second kappa shape index (κ2) is 4.55. The van der Waals surface area contributed by atoms with E-state index < -0.39 is 15.7 Å². The summed E-state index contributed by atoms with van der Waals surface area (Å²) in [4.78, 5) is 0. The van der Waals surface area contributed by atoms with E-state index in [4.69, 9.17) is 8.85 Å². The highest BCUT2D eigenvalue weighted by Crippen LogP contribution is 2.39. The van der Waals surface area contributed by atoms with Gasteiger partial charge in [-0.2, -0.15) is 0 Å². The minimum absolute atomic E-state index is 0.0705. The summed E-state index contributed by atoms with van der Waals surface area (Å²) in [5.74, 6) is 0. The lowest BCUT2D eigenvalue weighted by Crippen LogP contribution is -2.67. The Hall–Kier alpha value is 0.354. The van der Waals surface area contributed by atoms with Crippen molar-refractivity contribution in [2.45, 2.75) is 77.9 Å². The lowest BCUT2D eigenvalue weighted by atomic mass is 10.1. The molecule has 16 heavy (non-hydrogen) atoms. The highest BCUT2D eigenvalue weighted by atomic mass is 29.3. The Morgan fingerprint density at radius 1 is 1.31 bits per heavy atom. The number of hydrogen-bond acceptors (Lipinski definition) is 2. The van der Waals surface area contributed by atoms with Gasteiger partial charge in [0.1, 0.15) is 0 Å². The van der Waals surface area contributed by atoms with E-state index in [0.29, 0.717) is 6.10 Å². The molecule has 1 rings (SSSR count). The molecule has 1 heterocycles. The van der Waals surface area contributed by atoms with Gasteiger partial charge in [-0.15, -0.1) is 0 Å². The van der Waals surface area contributed by atoms with Crippen LogP contribution in [0.25, 0.3) is 0 Å². The van der Waals surface area contributed by atoms with Crippen molar-refractivity contribution in [3.63, 3.8) is 0 Å². The normalized spacial score (nSPS) is 34.7. The van der Waals surface area contributed by atoms with E-state index >= 15 is 0 Å². The summed E-state index contributed by atoms with van der Waals surface area (Å²) < 4.78 is 12.8. The summed E-state index contributed by atoms with van der Waals surface area (Å²) in [5, 5.41) is 0. The van der Waals surface area contributed by atoms with Gasteiger partial charge in [-0.1, -0.05) is 6.92 Å². The Balaban J connectivity index is 2.81. The third kappa shape index (κ3) is 2.97. The molecule has 0 bridgehead atoms. The molecule has 4 heteroatoms. The van der Waals surface area contributed by atoms with Gasteiger partial charge in [0.2, 0.25) is 15.7 Å². The van der Waals surface area contributed by atoms with Crippen LogP contribution in [0.1, 0.15) is 40.5 Å². The zero-order valence-electron chi connectivity index (χ0n) is 12.0. The molecule has 2 atom stereocenters. The first-order chi connectivity index (χ1) is 7.12. The summed E-state index contributed by atoms with van der Waals surface area (Å²) in [6.45, 7) is 15.9. The van der Waals surface area contributed by atoms with Crippen LogP contribution in [0.2, 0.25) is 25.7 Å². The van der Waals surface area contributed by atoms with Crippen LogP contribution in [0, 0.1) is 0 Å². The molecular formula is C12H28O2Si2. The van der Waals surface area contributed by atoms with Crippen LogP contribution in [0.4, 0.5) is 0 Å². The van der Waals surface area contributed by atoms with E-state index in [2.05, 4.69) is 47.3 Å². The molecule has 1 saturated heterocycles. The minimum atomic E-state index is -1.64.